The molecule has 2 fully saturated rings. The van der Waals surface area contributed by atoms with Gasteiger partial charge in [-0.25, -0.2) is 4.99 Å². The van der Waals surface area contributed by atoms with Crippen LogP contribution >= 0.6 is 11.8 Å². The second-order valence-electron chi connectivity index (χ2n) is 6.81. The van der Waals surface area contributed by atoms with Crippen molar-refractivity contribution in [3.8, 4) is 0 Å². The molecule has 3 aliphatic rings. The summed E-state index contributed by atoms with van der Waals surface area (Å²) in [5.41, 5.74) is 0. The van der Waals surface area contributed by atoms with Gasteiger partial charge in [0.2, 0.25) is 0 Å². The standard InChI is InChI=1S/C15H23NOS/c1-9(2)15(3)14(17)16-13(18-15)8-12-7-10-4-5-11(12)6-10/h9-12H,4-8H2,1-3H3/t10-,11+,12-,15-/m1/s1. The van der Waals surface area contributed by atoms with Crippen LogP contribution in [0.25, 0.3) is 0 Å². The minimum absolute atomic E-state index is 0.0978. The van der Waals surface area contributed by atoms with Crippen LogP contribution in [0.3, 0.4) is 0 Å². The fourth-order valence-electron chi connectivity index (χ4n) is 3.84. The molecule has 0 N–H and O–H groups in total. The number of hydrogen-bond acceptors (Lipinski definition) is 2. The molecule has 0 unspecified atom stereocenters. The molecule has 2 aliphatic carbocycles. The largest absolute Gasteiger partial charge is 0.271 e. The van der Waals surface area contributed by atoms with Gasteiger partial charge in [-0.05, 0) is 56.3 Å². The third kappa shape index (κ3) is 1.95. The van der Waals surface area contributed by atoms with E-state index < -0.39 is 0 Å². The summed E-state index contributed by atoms with van der Waals surface area (Å²) < 4.78 is -0.299. The molecular formula is C15H23NOS. The lowest BCUT2D eigenvalue weighted by Gasteiger charge is -2.25. The molecule has 3 rings (SSSR count). The first-order valence-electron chi connectivity index (χ1n) is 7.30. The van der Waals surface area contributed by atoms with Gasteiger partial charge in [-0.1, -0.05) is 32.0 Å². The van der Waals surface area contributed by atoms with E-state index in [4.69, 9.17) is 0 Å². The number of aliphatic imine (C=N–C) groups is 1. The number of thioether (sulfide) groups is 1. The van der Waals surface area contributed by atoms with E-state index in [0.717, 1.165) is 29.2 Å². The van der Waals surface area contributed by atoms with Crippen LogP contribution in [0.5, 0.6) is 0 Å². The first-order valence-corrected chi connectivity index (χ1v) is 8.11. The third-order valence-electron chi connectivity index (χ3n) is 5.40. The Bertz CT molecular complexity index is 403. The zero-order valence-corrected chi connectivity index (χ0v) is 12.4. The Labute approximate surface area is 114 Å². The highest BCUT2D eigenvalue weighted by atomic mass is 32.2. The fraction of sp³-hybridized carbons (Fsp3) is 0.867. The number of hydrogen-bond donors (Lipinski definition) is 0. The molecule has 0 radical (unpaired) electrons. The zero-order chi connectivity index (χ0) is 12.9. The Balaban J connectivity index is 1.65. The zero-order valence-electron chi connectivity index (χ0n) is 11.6. The van der Waals surface area contributed by atoms with Gasteiger partial charge in [0, 0.05) is 0 Å². The Kier molecular flexibility index (Phi) is 3.08. The van der Waals surface area contributed by atoms with E-state index >= 15 is 0 Å². The molecule has 100 valence electrons. The summed E-state index contributed by atoms with van der Waals surface area (Å²) in [6.07, 6.45) is 6.76. The summed E-state index contributed by atoms with van der Waals surface area (Å²) in [6.45, 7) is 6.31. The smallest absolute Gasteiger partial charge is 0.263 e. The normalized spacial score (nSPS) is 43.0. The lowest BCUT2D eigenvalue weighted by Crippen LogP contribution is -2.33. The van der Waals surface area contributed by atoms with Gasteiger partial charge in [-0.15, -0.1) is 0 Å². The molecule has 1 heterocycles. The van der Waals surface area contributed by atoms with Crippen molar-refractivity contribution in [2.75, 3.05) is 0 Å². The summed E-state index contributed by atoms with van der Waals surface area (Å²) in [5.74, 6) is 3.19. The molecule has 1 aliphatic heterocycles. The second-order valence-corrected chi connectivity index (χ2v) is 8.34. The highest BCUT2D eigenvalue weighted by Gasteiger charge is 2.46. The van der Waals surface area contributed by atoms with Crippen LogP contribution in [0.4, 0.5) is 0 Å². The van der Waals surface area contributed by atoms with Crippen LogP contribution in [-0.4, -0.2) is 15.7 Å². The summed E-state index contributed by atoms with van der Waals surface area (Å²) in [6, 6.07) is 0. The molecule has 3 heteroatoms. The van der Waals surface area contributed by atoms with Gasteiger partial charge < -0.3 is 0 Å². The first kappa shape index (κ1) is 12.7. The van der Waals surface area contributed by atoms with E-state index in [0.29, 0.717) is 5.92 Å². The van der Waals surface area contributed by atoms with Crippen LogP contribution in [0, 0.1) is 23.7 Å². The topological polar surface area (TPSA) is 29.4 Å². The highest BCUT2D eigenvalue weighted by Crippen LogP contribution is 2.51. The molecule has 2 bridgehead atoms. The van der Waals surface area contributed by atoms with Crippen molar-refractivity contribution in [2.24, 2.45) is 28.7 Å². The first-order chi connectivity index (χ1) is 8.49. The van der Waals surface area contributed by atoms with E-state index in [2.05, 4.69) is 25.8 Å². The Morgan fingerprint density at radius 1 is 1.39 bits per heavy atom. The number of fused-ring (bicyclic) bond motifs is 2. The van der Waals surface area contributed by atoms with Gasteiger partial charge in [-0.3, -0.25) is 4.79 Å². The van der Waals surface area contributed by atoms with E-state index in [1.54, 1.807) is 11.8 Å². The van der Waals surface area contributed by atoms with Crippen molar-refractivity contribution < 1.29 is 4.79 Å². The number of nitrogens with zero attached hydrogens (tertiary/aromatic N) is 1. The van der Waals surface area contributed by atoms with Crippen LogP contribution in [0.15, 0.2) is 4.99 Å². The van der Waals surface area contributed by atoms with Crippen molar-refractivity contribution in [2.45, 2.75) is 57.6 Å². The minimum Gasteiger partial charge on any atom is -0.271 e. The molecule has 0 spiro atoms. The van der Waals surface area contributed by atoms with Gasteiger partial charge >= 0.3 is 0 Å². The average Bonchev–Trinajstić information content (AvgIpc) is 2.95. The maximum Gasteiger partial charge on any atom is 0.263 e. The van der Waals surface area contributed by atoms with Crippen LogP contribution in [0.1, 0.15) is 52.9 Å². The van der Waals surface area contributed by atoms with Gasteiger partial charge in [0.1, 0.15) is 4.75 Å². The molecule has 0 aromatic heterocycles. The molecule has 2 nitrogen and oxygen atoms in total. The molecule has 0 saturated heterocycles. The summed E-state index contributed by atoms with van der Waals surface area (Å²) in [7, 11) is 0. The lowest BCUT2D eigenvalue weighted by molar-refractivity contribution is -0.120. The van der Waals surface area contributed by atoms with Crippen molar-refractivity contribution in [3.05, 3.63) is 0 Å². The Morgan fingerprint density at radius 3 is 2.67 bits per heavy atom. The summed E-state index contributed by atoms with van der Waals surface area (Å²) in [4.78, 5) is 16.4. The highest BCUT2D eigenvalue weighted by molar-refractivity contribution is 8.16. The van der Waals surface area contributed by atoms with Crippen LogP contribution in [-0.2, 0) is 4.79 Å². The van der Waals surface area contributed by atoms with E-state index in [1.807, 2.05) is 0 Å². The second kappa shape index (κ2) is 4.36. The number of amides is 1. The minimum atomic E-state index is -0.299. The van der Waals surface area contributed by atoms with Gasteiger partial charge in [0.25, 0.3) is 5.91 Å². The van der Waals surface area contributed by atoms with E-state index in [-0.39, 0.29) is 10.7 Å². The van der Waals surface area contributed by atoms with Crippen molar-refractivity contribution in [1.82, 2.24) is 0 Å². The molecule has 0 aromatic rings. The van der Waals surface area contributed by atoms with Gasteiger partial charge in [-0.2, -0.15) is 0 Å². The molecule has 2 saturated carbocycles. The molecule has 18 heavy (non-hydrogen) atoms. The lowest BCUT2D eigenvalue weighted by atomic mass is 9.87. The van der Waals surface area contributed by atoms with Crippen LogP contribution in [0.2, 0.25) is 0 Å². The van der Waals surface area contributed by atoms with Gasteiger partial charge in [0.15, 0.2) is 0 Å². The Hall–Kier alpha value is -0.310. The maximum absolute atomic E-state index is 12.1. The van der Waals surface area contributed by atoms with E-state index in [9.17, 15) is 4.79 Å². The quantitative estimate of drug-likeness (QED) is 0.774. The predicted molar refractivity (Wildman–Crippen MR) is 76.8 cm³/mol. The molecule has 1 amide bonds. The van der Waals surface area contributed by atoms with E-state index in [1.165, 1.54) is 25.7 Å². The maximum atomic E-state index is 12.1. The average molecular weight is 265 g/mol. The monoisotopic (exact) mass is 265 g/mol. The predicted octanol–water partition coefficient (Wildman–Crippen LogP) is 3.90. The molecule has 0 aromatic carbocycles. The van der Waals surface area contributed by atoms with Crippen molar-refractivity contribution in [1.29, 1.82) is 0 Å². The number of carbonyl (C=O) groups is 1. The summed E-state index contributed by atoms with van der Waals surface area (Å²) >= 11 is 1.74. The number of rotatable bonds is 3. The SMILES string of the molecule is CC(C)[C@@]1(C)SC(C[C@H]2C[C@@H]3CC[C@H]2C3)=NC1=O. The third-order valence-corrected chi connectivity index (χ3v) is 6.97. The van der Waals surface area contributed by atoms with Crippen molar-refractivity contribution >= 4 is 22.7 Å². The van der Waals surface area contributed by atoms with Crippen LogP contribution < -0.4 is 0 Å². The fourth-order valence-corrected chi connectivity index (χ4v) is 5.12. The summed E-state index contributed by atoms with van der Waals surface area (Å²) in [5, 5.41) is 1.12. The Morgan fingerprint density at radius 2 is 2.17 bits per heavy atom. The number of carbonyl (C=O) groups excluding carboxylic acids is 1. The molecule has 4 atom stereocenters. The van der Waals surface area contributed by atoms with Gasteiger partial charge in [0.05, 0.1) is 5.04 Å². The molecular weight excluding hydrogens is 242 g/mol. The van der Waals surface area contributed by atoms with Crippen molar-refractivity contribution in [3.63, 3.8) is 0 Å².